The van der Waals surface area contributed by atoms with Crippen molar-refractivity contribution in [2.75, 3.05) is 59.0 Å². The van der Waals surface area contributed by atoms with E-state index in [4.69, 9.17) is 4.74 Å². The lowest BCUT2D eigenvalue weighted by Crippen LogP contribution is -2.50. The van der Waals surface area contributed by atoms with Gasteiger partial charge in [-0.25, -0.2) is 3.11 Å². The van der Waals surface area contributed by atoms with Crippen LogP contribution in [0.2, 0.25) is 0 Å². The first-order valence-corrected chi connectivity index (χ1v) is 6.71. The highest BCUT2D eigenvalue weighted by molar-refractivity contribution is 14.1. The van der Waals surface area contributed by atoms with Gasteiger partial charge in [-0.1, -0.05) is 0 Å². The zero-order valence-electron chi connectivity index (χ0n) is 9.40. The summed E-state index contributed by atoms with van der Waals surface area (Å²) in [5.41, 5.74) is 0. The number of halogens is 1. The molecule has 2 rings (SSSR count). The van der Waals surface area contributed by atoms with Crippen LogP contribution in [0, 0.1) is 0 Å². The highest BCUT2D eigenvalue weighted by atomic mass is 127. The largest absolute Gasteiger partial charge is 0.379 e. The van der Waals surface area contributed by atoms with Crippen LogP contribution in [-0.4, -0.2) is 77.8 Å². The molecule has 0 unspecified atom stereocenters. The molecule has 0 atom stereocenters. The van der Waals surface area contributed by atoms with Crippen molar-refractivity contribution in [1.29, 1.82) is 0 Å². The minimum absolute atomic E-state index is 0.258. The lowest BCUT2D eigenvalue weighted by molar-refractivity contribution is -0.133. The maximum absolute atomic E-state index is 11.7. The third-order valence-electron chi connectivity index (χ3n) is 3.06. The highest BCUT2D eigenvalue weighted by Crippen LogP contribution is 2.08. The van der Waals surface area contributed by atoms with E-state index in [1.54, 1.807) is 0 Å². The monoisotopic (exact) mass is 339 g/mol. The number of carbonyl (C=O) groups excluding carboxylic acids is 1. The van der Waals surface area contributed by atoms with Gasteiger partial charge in [-0.15, -0.1) is 0 Å². The predicted molar refractivity (Wildman–Crippen MR) is 69.4 cm³/mol. The van der Waals surface area contributed by atoms with Gasteiger partial charge in [-0.2, -0.15) is 0 Å². The molecule has 5 nitrogen and oxygen atoms in total. The Balaban J connectivity index is 1.70. The van der Waals surface area contributed by atoms with Crippen molar-refractivity contribution >= 4 is 28.8 Å². The van der Waals surface area contributed by atoms with Gasteiger partial charge in [0.2, 0.25) is 5.91 Å². The van der Waals surface area contributed by atoms with Crippen molar-refractivity contribution in [3.8, 4) is 0 Å². The Bertz CT molecular complexity index is 246. The molecule has 0 aromatic heterocycles. The number of ether oxygens (including phenoxy) is 1. The molecule has 0 aromatic rings. The van der Waals surface area contributed by atoms with Gasteiger partial charge in [0.25, 0.3) is 0 Å². The van der Waals surface area contributed by atoms with Gasteiger partial charge < -0.3 is 9.64 Å². The molecule has 0 saturated carbocycles. The Labute approximate surface area is 110 Å². The van der Waals surface area contributed by atoms with Gasteiger partial charge in [-0.3, -0.25) is 9.69 Å². The van der Waals surface area contributed by atoms with Crippen LogP contribution in [0.5, 0.6) is 0 Å². The van der Waals surface area contributed by atoms with E-state index in [-0.39, 0.29) is 5.91 Å². The van der Waals surface area contributed by atoms with Crippen molar-refractivity contribution in [3.63, 3.8) is 0 Å². The maximum Gasteiger partial charge on any atom is 0.237 e. The predicted octanol–water partition coefficient (Wildman–Crippen LogP) is -0.187. The molecule has 1 amide bonds. The fraction of sp³-hybridized carbons (Fsp3) is 0.900. The molecular weight excluding hydrogens is 321 g/mol. The van der Waals surface area contributed by atoms with Gasteiger partial charge in [0, 0.05) is 62.1 Å². The minimum atomic E-state index is 0.258. The van der Waals surface area contributed by atoms with Crippen LogP contribution < -0.4 is 0 Å². The number of rotatable bonds is 3. The standard InChI is InChI=1S/C10H18IN3O2/c11-14-4-3-13(10(15)9-14)2-1-12-5-7-16-8-6-12/h1-9H2. The zero-order valence-corrected chi connectivity index (χ0v) is 11.6. The molecule has 0 aromatic carbocycles. The first-order chi connectivity index (χ1) is 7.75. The number of piperazine rings is 1. The molecule has 92 valence electrons. The van der Waals surface area contributed by atoms with Crippen molar-refractivity contribution in [3.05, 3.63) is 0 Å². The third-order valence-corrected chi connectivity index (χ3v) is 3.89. The highest BCUT2D eigenvalue weighted by Gasteiger charge is 2.22. The Morgan fingerprint density at radius 2 is 1.88 bits per heavy atom. The Hall–Kier alpha value is 0.0800. The van der Waals surface area contributed by atoms with Gasteiger partial charge in [0.15, 0.2) is 0 Å². The van der Waals surface area contributed by atoms with E-state index in [0.29, 0.717) is 6.54 Å². The molecule has 0 N–H and O–H groups in total. The molecule has 0 aliphatic carbocycles. The van der Waals surface area contributed by atoms with E-state index in [2.05, 4.69) is 27.8 Å². The average Bonchev–Trinajstić information content (AvgIpc) is 2.29. The zero-order chi connectivity index (χ0) is 11.4. The van der Waals surface area contributed by atoms with Crippen LogP contribution in [-0.2, 0) is 9.53 Å². The average molecular weight is 339 g/mol. The quantitative estimate of drug-likeness (QED) is 0.528. The second kappa shape index (κ2) is 6.13. The molecule has 0 spiro atoms. The summed E-state index contributed by atoms with van der Waals surface area (Å²) in [7, 11) is 0. The Morgan fingerprint density at radius 3 is 2.56 bits per heavy atom. The van der Waals surface area contributed by atoms with Crippen molar-refractivity contribution in [2.45, 2.75) is 0 Å². The van der Waals surface area contributed by atoms with Crippen LogP contribution in [0.15, 0.2) is 0 Å². The summed E-state index contributed by atoms with van der Waals surface area (Å²) in [5, 5.41) is 0. The molecular formula is C10H18IN3O2. The number of morpholine rings is 1. The Kier molecular flexibility index (Phi) is 4.80. The van der Waals surface area contributed by atoms with Crippen molar-refractivity contribution in [1.82, 2.24) is 12.9 Å². The van der Waals surface area contributed by atoms with Crippen molar-refractivity contribution in [2.24, 2.45) is 0 Å². The first kappa shape index (κ1) is 12.5. The summed E-state index contributed by atoms with van der Waals surface area (Å²) < 4.78 is 7.34. The lowest BCUT2D eigenvalue weighted by Gasteiger charge is -2.33. The lowest BCUT2D eigenvalue weighted by atomic mass is 10.3. The molecule has 0 bridgehead atoms. The molecule has 6 heteroatoms. The number of hydrogen-bond acceptors (Lipinski definition) is 4. The normalized spacial score (nSPS) is 25.1. The topological polar surface area (TPSA) is 36.0 Å². The van der Waals surface area contributed by atoms with E-state index in [1.165, 1.54) is 0 Å². The molecule has 2 aliphatic heterocycles. The number of hydrogen-bond donors (Lipinski definition) is 0. The van der Waals surface area contributed by atoms with E-state index in [1.807, 2.05) is 8.01 Å². The summed E-state index contributed by atoms with van der Waals surface area (Å²) in [6.45, 7) is 7.91. The number of carbonyl (C=O) groups is 1. The molecule has 2 heterocycles. The van der Waals surface area contributed by atoms with Crippen LogP contribution in [0.25, 0.3) is 0 Å². The van der Waals surface area contributed by atoms with Gasteiger partial charge in [0.05, 0.1) is 19.8 Å². The van der Waals surface area contributed by atoms with Crippen LogP contribution in [0.4, 0.5) is 0 Å². The SMILES string of the molecule is O=C1CN(I)CCN1CCN1CCOCC1. The number of nitrogens with zero attached hydrogens (tertiary/aromatic N) is 3. The first-order valence-electron chi connectivity index (χ1n) is 5.74. The number of amides is 1. The second-order valence-electron chi connectivity index (χ2n) is 4.18. The smallest absolute Gasteiger partial charge is 0.237 e. The van der Waals surface area contributed by atoms with E-state index < -0.39 is 0 Å². The van der Waals surface area contributed by atoms with E-state index in [0.717, 1.165) is 52.5 Å². The van der Waals surface area contributed by atoms with Gasteiger partial charge in [0.1, 0.15) is 0 Å². The maximum atomic E-state index is 11.7. The van der Waals surface area contributed by atoms with E-state index in [9.17, 15) is 4.79 Å². The molecule has 2 aliphatic rings. The van der Waals surface area contributed by atoms with Gasteiger partial charge >= 0.3 is 0 Å². The third kappa shape index (κ3) is 3.54. The minimum Gasteiger partial charge on any atom is -0.379 e. The fourth-order valence-corrected chi connectivity index (χ4v) is 2.51. The fourth-order valence-electron chi connectivity index (χ4n) is 2.00. The second-order valence-corrected chi connectivity index (χ2v) is 5.54. The van der Waals surface area contributed by atoms with E-state index >= 15 is 0 Å². The summed E-state index contributed by atoms with van der Waals surface area (Å²) in [6.07, 6.45) is 0. The summed E-state index contributed by atoms with van der Waals surface area (Å²) in [4.78, 5) is 16.1. The van der Waals surface area contributed by atoms with Crippen molar-refractivity contribution < 1.29 is 9.53 Å². The molecule has 2 fully saturated rings. The molecule has 2 saturated heterocycles. The van der Waals surface area contributed by atoms with Crippen LogP contribution >= 0.6 is 22.9 Å². The molecule has 0 radical (unpaired) electrons. The summed E-state index contributed by atoms with van der Waals surface area (Å²) in [5.74, 6) is 0.258. The Morgan fingerprint density at radius 1 is 1.12 bits per heavy atom. The molecule has 16 heavy (non-hydrogen) atoms. The van der Waals surface area contributed by atoms with Gasteiger partial charge in [-0.05, 0) is 0 Å². The van der Waals surface area contributed by atoms with Crippen LogP contribution in [0.1, 0.15) is 0 Å². The summed E-state index contributed by atoms with van der Waals surface area (Å²) in [6, 6.07) is 0. The summed E-state index contributed by atoms with van der Waals surface area (Å²) >= 11 is 2.21. The van der Waals surface area contributed by atoms with Crippen LogP contribution in [0.3, 0.4) is 0 Å².